The summed E-state index contributed by atoms with van der Waals surface area (Å²) in [4.78, 5) is 11.2. The van der Waals surface area contributed by atoms with Gasteiger partial charge in [0.1, 0.15) is 11.6 Å². The van der Waals surface area contributed by atoms with Crippen LogP contribution in [0.4, 0.5) is 27.5 Å². The van der Waals surface area contributed by atoms with Gasteiger partial charge in [0.05, 0.1) is 24.6 Å². The highest BCUT2D eigenvalue weighted by atomic mass is 19.1. The van der Waals surface area contributed by atoms with Crippen molar-refractivity contribution in [3.8, 4) is 0 Å². The standard InChI is InChI=1S/C22H24FN5O/c23-18-7-5-17(6-8-18)9-11-24-22-25-12-10-21(27-22)26-19-3-1-2-4-20(19)28-13-15-29-16-14-28/h1-8,10,12H,9,11,13-16H2,(H2,24,25,26,27). The third kappa shape index (κ3) is 5.20. The Hall–Kier alpha value is -3.19. The fraction of sp³-hybridized carbons (Fsp3) is 0.273. The molecule has 0 saturated carbocycles. The minimum absolute atomic E-state index is 0.221. The SMILES string of the molecule is Fc1ccc(CCNc2nccc(Nc3ccccc3N3CCOCC3)n2)cc1. The largest absolute Gasteiger partial charge is 0.378 e. The molecule has 3 aromatic rings. The van der Waals surface area contributed by atoms with Crippen molar-refractivity contribution in [3.63, 3.8) is 0 Å². The van der Waals surface area contributed by atoms with Gasteiger partial charge in [0.2, 0.25) is 5.95 Å². The molecule has 0 atom stereocenters. The van der Waals surface area contributed by atoms with Crippen LogP contribution < -0.4 is 15.5 Å². The zero-order valence-electron chi connectivity index (χ0n) is 16.1. The Bertz CT molecular complexity index is 928. The monoisotopic (exact) mass is 393 g/mol. The van der Waals surface area contributed by atoms with Crippen LogP contribution in [-0.4, -0.2) is 42.8 Å². The Labute approximate surface area is 169 Å². The first-order valence-corrected chi connectivity index (χ1v) is 9.78. The highest BCUT2D eigenvalue weighted by Crippen LogP contribution is 2.28. The number of rotatable bonds is 7. The van der Waals surface area contributed by atoms with E-state index in [9.17, 15) is 4.39 Å². The van der Waals surface area contributed by atoms with E-state index >= 15 is 0 Å². The molecule has 0 aliphatic carbocycles. The van der Waals surface area contributed by atoms with Crippen LogP contribution in [0.3, 0.4) is 0 Å². The number of nitrogens with zero attached hydrogens (tertiary/aromatic N) is 3. The number of ether oxygens (including phenoxy) is 1. The zero-order chi connectivity index (χ0) is 19.9. The van der Waals surface area contributed by atoms with Crippen molar-refractivity contribution in [2.45, 2.75) is 6.42 Å². The van der Waals surface area contributed by atoms with Gasteiger partial charge in [-0.05, 0) is 42.3 Å². The molecule has 0 unspecified atom stereocenters. The first-order chi connectivity index (χ1) is 14.3. The predicted octanol–water partition coefficient (Wildman–Crippen LogP) is 3.85. The number of aromatic nitrogens is 2. The van der Waals surface area contributed by atoms with E-state index in [-0.39, 0.29) is 5.82 Å². The maximum Gasteiger partial charge on any atom is 0.224 e. The molecule has 1 aromatic heterocycles. The van der Waals surface area contributed by atoms with Crippen LogP contribution in [0.1, 0.15) is 5.56 Å². The maximum absolute atomic E-state index is 13.0. The summed E-state index contributed by atoms with van der Waals surface area (Å²) in [5.41, 5.74) is 3.21. The average molecular weight is 393 g/mol. The second kappa shape index (κ2) is 9.34. The number of para-hydroxylation sites is 2. The molecule has 29 heavy (non-hydrogen) atoms. The lowest BCUT2D eigenvalue weighted by atomic mass is 10.1. The Morgan fingerprint density at radius 2 is 1.79 bits per heavy atom. The lowest BCUT2D eigenvalue weighted by molar-refractivity contribution is 0.123. The third-order valence-electron chi connectivity index (χ3n) is 4.78. The molecule has 0 radical (unpaired) electrons. The second-order valence-electron chi connectivity index (χ2n) is 6.81. The lowest BCUT2D eigenvalue weighted by Gasteiger charge is -2.30. The van der Waals surface area contributed by atoms with Crippen LogP contribution in [0, 0.1) is 5.82 Å². The number of morpholine rings is 1. The van der Waals surface area contributed by atoms with Gasteiger partial charge in [-0.15, -0.1) is 0 Å². The molecule has 4 rings (SSSR count). The molecule has 7 heteroatoms. The Morgan fingerprint density at radius 3 is 2.62 bits per heavy atom. The number of hydrogen-bond donors (Lipinski definition) is 2. The summed E-state index contributed by atoms with van der Waals surface area (Å²) in [6.07, 6.45) is 2.49. The molecule has 2 N–H and O–H groups in total. The summed E-state index contributed by atoms with van der Waals surface area (Å²) in [6, 6.07) is 16.6. The van der Waals surface area contributed by atoms with Crippen molar-refractivity contribution in [2.75, 3.05) is 48.4 Å². The van der Waals surface area contributed by atoms with Crippen LogP contribution in [0.5, 0.6) is 0 Å². The van der Waals surface area contributed by atoms with Crippen molar-refractivity contribution in [3.05, 3.63) is 72.2 Å². The average Bonchev–Trinajstić information content (AvgIpc) is 2.76. The maximum atomic E-state index is 13.0. The zero-order valence-corrected chi connectivity index (χ0v) is 16.1. The van der Waals surface area contributed by atoms with Crippen LogP contribution in [0.25, 0.3) is 0 Å². The first kappa shape index (κ1) is 19.1. The van der Waals surface area contributed by atoms with Gasteiger partial charge in [-0.1, -0.05) is 24.3 Å². The van der Waals surface area contributed by atoms with E-state index in [0.29, 0.717) is 12.5 Å². The molecule has 6 nitrogen and oxygen atoms in total. The Kier molecular flexibility index (Phi) is 6.16. The van der Waals surface area contributed by atoms with Gasteiger partial charge in [0.25, 0.3) is 0 Å². The summed E-state index contributed by atoms with van der Waals surface area (Å²) in [6.45, 7) is 3.89. The highest BCUT2D eigenvalue weighted by Gasteiger charge is 2.14. The normalized spacial score (nSPS) is 13.9. The molecule has 2 aromatic carbocycles. The summed E-state index contributed by atoms with van der Waals surface area (Å²) < 4.78 is 18.5. The highest BCUT2D eigenvalue weighted by molar-refractivity contribution is 5.74. The first-order valence-electron chi connectivity index (χ1n) is 9.78. The second-order valence-corrected chi connectivity index (χ2v) is 6.81. The topological polar surface area (TPSA) is 62.3 Å². The Morgan fingerprint density at radius 1 is 1.00 bits per heavy atom. The van der Waals surface area contributed by atoms with E-state index in [0.717, 1.165) is 55.5 Å². The van der Waals surface area contributed by atoms with Crippen LogP contribution in [0.15, 0.2) is 60.8 Å². The molecule has 0 spiro atoms. The molecule has 0 amide bonds. The van der Waals surface area contributed by atoms with E-state index in [2.05, 4.69) is 37.6 Å². The molecular formula is C22H24FN5O. The minimum Gasteiger partial charge on any atom is -0.378 e. The summed E-state index contributed by atoms with van der Waals surface area (Å²) in [5, 5.41) is 6.64. The fourth-order valence-electron chi connectivity index (χ4n) is 3.28. The van der Waals surface area contributed by atoms with Crippen molar-refractivity contribution in [1.29, 1.82) is 0 Å². The van der Waals surface area contributed by atoms with Gasteiger partial charge in [-0.2, -0.15) is 4.98 Å². The van der Waals surface area contributed by atoms with Crippen LogP contribution in [-0.2, 0) is 11.2 Å². The Balaban J connectivity index is 1.39. The smallest absolute Gasteiger partial charge is 0.224 e. The third-order valence-corrected chi connectivity index (χ3v) is 4.78. The van der Waals surface area contributed by atoms with Gasteiger partial charge >= 0.3 is 0 Å². The number of nitrogens with one attached hydrogen (secondary N) is 2. The minimum atomic E-state index is -0.221. The van der Waals surface area contributed by atoms with E-state index in [4.69, 9.17) is 4.74 Å². The van der Waals surface area contributed by atoms with Gasteiger partial charge in [0.15, 0.2) is 0 Å². The van der Waals surface area contributed by atoms with E-state index in [1.807, 2.05) is 18.2 Å². The summed E-state index contributed by atoms with van der Waals surface area (Å²) in [5.74, 6) is 1.06. The van der Waals surface area contributed by atoms with Gasteiger partial charge < -0.3 is 20.3 Å². The van der Waals surface area contributed by atoms with E-state index < -0.39 is 0 Å². The van der Waals surface area contributed by atoms with Crippen molar-refractivity contribution in [2.24, 2.45) is 0 Å². The molecule has 2 heterocycles. The molecule has 0 bridgehead atoms. The van der Waals surface area contributed by atoms with Crippen molar-refractivity contribution >= 4 is 23.1 Å². The van der Waals surface area contributed by atoms with E-state index in [1.54, 1.807) is 18.3 Å². The van der Waals surface area contributed by atoms with E-state index in [1.165, 1.54) is 12.1 Å². The quantitative estimate of drug-likeness (QED) is 0.636. The number of anilines is 4. The van der Waals surface area contributed by atoms with Crippen molar-refractivity contribution < 1.29 is 9.13 Å². The fourth-order valence-corrected chi connectivity index (χ4v) is 3.28. The van der Waals surface area contributed by atoms with Gasteiger partial charge in [-0.3, -0.25) is 0 Å². The molecule has 1 fully saturated rings. The van der Waals surface area contributed by atoms with Gasteiger partial charge in [0, 0.05) is 25.8 Å². The van der Waals surface area contributed by atoms with Crippen LogP contribution in [0.2, 0.25) is 0 Å². The van der Waals surface area contributed by atoms with Crippen molar-refractivity contribution in [1.82, 2.24) is 9.97 Å². The molecule has 1 aliphatic heterocycles. The molecule has 1 aliphatic rings. The number of halogens is 1. The number of benzene rings is 2. The van der Waals surface area contributed by atoms with Gasteiger partial charge in [-0.25, -0.2) is 9.37 Å². The molecular weight excluding hydrogens is 369 g/mol. The lowest BCUT2D eigenvalue weighted by Crippen LogP contribution is -2.36. The molecule has 150 valence electrons. The number of hydrogen-bond acceptors (Lipinski definition) is 6. The summed E-state index contributed by atoms with van der Waals surface area (Å²) in [7, 11) is 0. The summed E-state index contributed by atoms with van der Waals surface area (Å²) >= 11 is 0. The molecule has 1 saturated heterocycles. The van der Waals surface area contributed by atoms with Crippen LogP contribution >= 0.6 is 0 Å². The predicted molar refractivity (Wildman–Crippen MR) is 113 cm³/mol.